The topological polar surface area (TPSA) is 0 Å². The number of hydrogen-bond donors (Lipinski definition) is 0. The minimum absolute atomic E-state index is 0.921. The zero-order valence-corrected chi connectivity index (χ0v) is 4.56. The molecule has 28 valence electrons. The lowest BCUT2D eigenvalue weighted by molar-refractivity contribution is 1.50. The van der Waals surface area contributed by atoms with Gasteiger partial charge < -0.3 is 0 Å². The van der Waals surface area contributed by atoms with E-state index in [1.807, 2.05) is 0 Å². The molecule has 0 spiro atoms. The van der Waals surface area contributed by atoms with E-state index in [-0.39, 0.29) is 0 Å². The van der Waals surface area contributed by atoms with Crippen molar-refractivity contribution < 1.29 is 0 Å². The second kappa shape index (κ2) is 1.32. The van der Waals surface area contributed by atoms with Gasteiger partial charge in [0.2, 0.25) is 0 Å². The average Bonchev–Trinajstić information content (AvgIpc) is 2.12. The van der Waals surface area contributed by atoms with E-state index < -0.39 is 0 Å². The molecule has 0 radical (unpaired) electrons. The van der Waals surface area contributed by atoms with Crippen LogP contribution < -0.4 is 0 Å². The molecule has 5 heavy (non-hydrogen) atoms. The third kappa shape index (κ3) is 0.942. The van der Waals surface area contributed by atoms with E-state index in [4.69, 9.17) is 11.8 Å². The van der Waals surface area contributed by atoms with Gasteiger partial charge in [0.05, 0.1) is 0 Å². The molecule has 0 N–H and O–H groups in total. The van der Waals surface area contributed by atoms with E-state index in [1.54, 1.807) is 0 Å². The van der Waals surface area contributed by atoms with Crippen molar-refractivity contribution in [3.63, 3.8) is 0 Å². The Balaban J connectivity index is 2.21. The highest BCUT2D eigenvalue weighted by Gasteiger charge is 2.17. The van der Waals surface area contributed by atoms with Gasteiger partial charge in [-0.1, -0.05) is 11.8 Å². The summed E-state index contributed by atoms with van der Waals surface area (Å²) in [5.41, 5.74) is 0.921. The molecule has 1 aliphatic carbocycles. The van der Waals surface area contributed by atoms with Crippen molar-refractivity contribution in [1.29, 1.82) is 0 Å². The first-order valence-corrected chi connectivity index (χ1v) is 3.73. The Hall–Kier alpha value is 0.520. The molecule has 0 aliphatic heterocycles. The van der Waals surface area contributed by atoms with Crippen LogP contribution in [0.25, 0.3) is 0 Å². The van der Waals surface area contributed by atoms with Gasteiger partial charge in [-0.2, -0.15) is 0 Å². The summed E-state index contributed by atoms with van der Waals surface area (Å²) in [6.45, 7) is 0. The highest BCUT2D eigenvalue weighted by atomic mass is 32.4. The van der Waals surface area contributed by atoms with Crippen LogP contribution in [-0.2, 0) is 11.8 Å². The minimum Gasteiger partial charge on any atom is -0.0575 e. The predicted octanol–water partition coefficient (Wildman–Crippen LogP) is 1.56. The van der Waals surface area contributed by atoms with Gasteiger partial charge in [-0.05, 0) is 20.2 Å². The van der Waals surface area contributed by atoms with E-state index in [9.17, 15) is 0 Å². The Morgan fingerprint density at radius 3 is 2.20 bits per heavy atom. The average molecular weight is 104 g/mol. The second-order valence-electron chi connectivity index (χ2n) is 1.34. The first-order valence-electron chi connectivity index (χ1n) is 1.76. The van der Waals surface area contributed by atoms with Crippen LogP contribution in [0.5, 0.6) is 0 Å². The highest BCUT2D eigenvalue weighted by molar-refractivity contribution is 7.96. The molecule has 0 aromatic carbocycles. The molecule has 0 bridgehead atoms. The number of rotatable bonds is 1. The van der Waals surface area contributed by atoms with Gasteiger partial charge in [-0.15, -0.1) is 0 Å². The molecule has 0 unspecified atom stereocenters. The van der Waals surface area contributed by atoms with Crippen LogP contribution in [0.2, 0.25) is 0 Å². The van der Waals surface area contributed by atoms with Gasteiger partial charge in [0.25, 0.3) is 0 Å². The molecule has 0 aromatic rings. The zero-order chi connectivity index (χ0) is 3.70. The monoisotopic (exact) mass is 104 g/mol. The molecule has 0 atom stereocenters. The van der Waals surface area contributed by atoms with E-state index in [2.05, 4.69) is 0 Å². The fourth-order valence-corrected chi connectivity index (χ4v) is 1.17. The lowest BCUT2D eigenvalue weighted by Gasteiger charge is -1.58. The number of hydrogen-bond acceptors (Lipinski definition) is 1. The van der Waals surface area contributed by atoms with E-state index in [0.29, 0.717) is 0 Å². The highest BCUT2D eigenvalue weighted by Crippen LogP contribution is 2.31. The summed E-state index contributed by atoms with van der Waals surface area (Å²) in [6.07, 6.45) is 2.79. The Morgan fingerprint density at radius 2 is 2.20 bits per heavy atom. The van der Waals surface area contributed by atoms with E-state index in [1.165, 1.54) is 20.2 Å². The van der Waals surface area contributed by atoms with Crippen molar-refractivity contribution in [3.05, 3.63) is 0 Å². The maximum absolute atomic E-state index is 4.71. The van der Waals surface area contributed by atoms with Crippen LogP contribution >= 0.6 is 7.36 Å². The van der Waals surface area contributed by atoms with Gasteiger partial charge >= 0.3 is 0 Å². The molecule has 1 saturated carbocycles. The first-order chi connectivity index (χ1) is 2.43. The van der Waals surface area contributed by atoms with Crippen LogP contribution in [0.15, 0.2) is 0 Å². The fourth-order valence-electron chi connectivity index (χ4n) is 0.180. The molecule has 1 fully saturated rings. The van der Waals surface area contributed by atoms with Crippen molar-refractivity contribution in [2.45, 2.75) is 18.5 Å². The fraction of sp³-hybridized carbons (Fsp3) is 1.00. The molecule has 0 nitrogen and oxygen atoms in total. The molecule has 0 aromatic heterocycles. The van der Waals surface area contributed by atoms with Gasteiger partial charge in [0, 0.05) is 5.66 Å². The van der Waals surface area contributed by atoms with Gasteiger partial charge in [0.1, 0.15) is 0 Å². The van der Waals surface area contributed by atoms with E-state index in [0.717, 1.165) is 5.66 Å². The van der Waals surface area contributed by atoms with Crippen molar-refractivity contribution in [2.24, 2.45) is 0 Å². The standard InChI is InChI=1S/C3H5PS/c5-4-3-1-2-3/h3H,1-2H2. The first kappa shape index (κ1) is 3.70. The van der Waals surface area contributed by atoms with Crippen LogP contribution in [-0.4, -0.2) is 5.66 Å². The Bertz CT molecular complexity index is 48.9. The summed E-state index contributed by atoms with van der Waals surface area (Å²) in [6, 6.07) is 0. The maximum Gasteiger partial charge on any atom is 0.0114 e. The Labute approximate surface area is 38.4 Å². The molecule has 1 rings (SSSR count). The van der Waals surface area contributed by atoms with Gasteiger partial charge in [-0.25, -0.2) is 0 Å². The lowest BCUT2D eigenvalue weighted by Crippen LogP contribution is -1.47. The van der Waals surface area contributed by atoms with Crippen LogP contribution in [0.1, 0.15) is 12.8 Å². The van der Waals surface area contributed by atoms with Crippen LogP contribution in [0.4, 0.5) is 0 Å². The Kier molecular flexibility index (Phi) is 0.975. The minimum atomic E-state index is 0.921. The van der Waals surface area contributed by atoms with Crippen molar-refractivity contribution >= 4 is 19.2 Å². The summed E-state index contributed by atoms with van der Waals surface area (Å²) in [5, 5.41) is 0. The molecule has 0 amide bonds. The molecule has 1 aliphatic rings. The van der Waals surface area contributed by atoms with Crippen LogP contribution in [0, 0.1) is 0 Å². The quantitative estimate of drug-likeness (QED) is 0.455. The predicted molar refractivity (Wildman–Crippen MR) is 27.3 cm³/mol. The van der Waals surface area contributed by atoms with E-state index >= 15 is 0 Å². The van der Waals surface area contributed by atoms with Crippen molar-refractivity contribution in [3.8, 4) is 0 Å². The third-order valence-electron chi connectivity index (χ3n) is 0.696. The third-order valence-corrected chi connectivity index (χ3v) is 2.40. The normalized spacial score (nSPS) is 24.0. The lowest BCUT2D eigenvalue weighted by atomic mass is 11.0. The largest absolute Gasteiger partial charge is 0.0575 e. The molecular formula is C3H5PS. The smallest absolute Gasteiger partial charge is 0.0114 e. The van der Waals surface area contributed by atoms with Crippen molar-refractivity contribution in [1.82, 2.24) is 0 Å². The molecule has 0 heterocycles. The molecule has 0 saturated heterocycles. The SMILES string of the molecule is S=PC1CC1. The summed E-state index contributed by atoms with van der Waals surface area (Å²) >= 11 is 4.71. The summed E-state index contributed by atoms with van der Waals surface area (Å²) in [4.78, 5) is 0. The van der Waals surface area contributed by atoms with Crippen LogP contribution in [0.3, 0.4) is 0 Å². The zero-order valence-electron chi connectivity index (χ0n) is 2.85. The van der Waals surface area contributed by atoms with Crippen molar-refractivity contribution in [2.75, 3.05) is 0 Å². The Morgan fingerprint density at radius 1 is 1.60 bits per heavy atom. The van der Waals surface area contributed by atoms with Gasteiger partial charge in [0.15, 0.2) is 0 Å². The summed E-state index contributed by atoms with van der Waals surface area (Å²) < 4.78 is 0. The van der Waals surface area contributed by atoms with Gasteiger partial charge in [-0.3, -0.25) is 0 Å². The molecular weight excluding hydrogens is 99.1 g/mol. The summed E-state index contributed by atoms with van der Waals surface area (Å²) in [5.74, 6) is 0. The second-order valence-corrected chi connectivity index (χ2v) is 2.91. The maximum atomic E-state index is 4.71. The summed E-state index contributed by atoms with van der Waals surface area (Å²) in [7, 11) is 1.19. The molecule has 2 heteroatoms.